The van der Waals surface area contributed by atoms with Gasteiger partial charge in [-0.2, -0.15) is 0 Å². The number of anilines is 1. The molecule has 1 aliphatic heterocycles. The molecule has 0 aliphatic carbocycles. The molecule has 3 rings (SSSR count). The first-order valence-corrected chi connectivity index (χ1v) is 7.56. The van der Waals surface area contributed by atoms with Crippen molar-refractivity contribution in [3.05, 3.63) is 41.4 Å². The second kappa shape index (κ2) is 6.78. The van der Waals surface area contributed by atoms with E-state index in [2.05, 4.69) is 27.6 Å². The molecular formula is C14H17N3O2S. The van der Waals surface area contributed by atoms with Gasteiger partial charge in [-0.15, -0.1) is 10.2 Å². The molecule has 106 valence electrons. The van der Waals surface area contributed by atoms with Gasteiger partial charge in [0, 0.05) is 6.61 Å². The zero-order valence-electron chi connectivity index (χ0n) is 11.1. The zero-order valence-corrected chi connectivity index (χ0v) is 11.9. The molecule has 0 saturated carbocycles. The lowest BCUT2D eigenvalue weighted by atomic mass is 10.1. The highest BCUT2D eigenvalue weighted by atomic mass is 32.1. The minimum Gasteiger partial charge on any atom is -0.379 e. The highest BCUT2D eigenvalue weighted by Gasteiger charge is 2.27. The lowest BCUT2D eigenvalue weighted by Crippen LogP contribution is -2.43. The van der Waals surface area contributed by atoms with Gasteiger partial charge in [0.2, 0.25) is 5.13 Å². The molecule has 5 nitrogen and oxygen atoms in total. The van der Waals surface area contributed by atoms with Crippen molar-refractivity contribution in [3.8, 4) is 0 Å². The van der Waals surface area contributed by atoms with Gasteiger partial charge in [-0.3, -0.25) is 0 Å². The van der Waals surface area contributed by atoms with Crippen molar-refractivity contribution in [2.45, 2.75) is 25.2 Å². The van der Waals surface area contributed by atoms with Gasteiger partial charge in [0.25, 0.3) is 0 Å². The minimum absolute atomic E-state index is 0.0351. The Hall–Kier alpha value is -1.50. The van der Waals surface area contributed by atoms with E-state index in [1.165, 1.54) is 16.9 Å². The molecule has 2 aromatic rings. The van der Waals surface area contributed by atoms with Crippen LogP contribution in [0.4, 0.5) is 5.13 Å². The SMILES string of the molecule is c1ccc(CO[C@@H]2COCC[C@H]2Nc2nncs2)cc1. The second-order valence-electron chi connectivity index (χ2n) is 4.69. The van der Waals surface area contributed by atoms with E-state index in [1.54, 1.807) is 5.51 Å². The second-order valence-corrected chi connectivity index (χ2v) is 5.53. The number of hydrogen-bond acceptors (Lipinski definition) is 6. The number of nitrogens with zero attached hydrogens (tertiary/aromatic N) is 2. The molecule has 0 unspecified atom stereocenters. The smallest absolute Gasteiger partial charge is 0.205 e. The van der Waals surface area contributed by atoms with Crippen molar-refractivity contribution in [2.75, 3.05) is 18.5 Å². The molecule has 1 aromatic carbocycles. The minimum atomic E-state index is 0.0351. The quantitative estimate of drug-likeness (QED) is 0.916. The van der Waals surface area contributed by atoms with E-state index >= 15 is 0 Å². The average molecular weight is 291 g/mol. The molecule has 20 heavy (non-hydrogen) atoms. The Balaban J connectivity index is 1.57. The number of hydrogen-bond donors (Lipinski definition) is 1. The molecule has 1 aromatic heterocycles. The van der Waals surface area contributed by atoms with Gasteiger partial charge >= 0.3 is 0 Å². The standard InChI is InChI=1S/C14H17N3O2S/c1-2-4-11(5-3-1)8-19-13-9-18-7-6-12(13)16-14-17-15-10-20-14/h1-5,10,12-13H,6-9H2,(H,16,17)/t12-,13-/m1/s1. The van der Waals surface area contributed by atoms with Gasteiger partial charge in [0.15, 0.2) is 0 Å². The summed E-state index contributed by atoms with van der Waals surface area (Å²) in [7, 11) is 0. The first-order chi connectivity index (χ1) is 9.92. The van der Waals surface area contributed by atoms with Crippen LogP contribution in [0.3, 0.4) is 0 Å². The summed E-state index contributed by atoms with van der Waals surface area (Å²) in [6.07, 6.45) is 0.951. The van der Waals surface area contributed by atoms with Crippen LogP contribution < -0.4 is 5.32 Å². The van der Waals surface area contributed by atoms with Crippen LogP contribution in [-0.2, 0) is 16.1 Å². The van der Waals surface area contributed by atoms with Crippen LogP contribution in [-0.4, -0.2) is 35.6 Å². The zero-order chi connectivity index (χ0) is 13.6. The Labute approximate surface area is 121 Å². The van der Waals surface area contributed by atoms with Crippen LogP contribution in [0.2, 0.25) is 0 Å². The molecule has 6 heteroatoms. The molecule has 0 bridgehead atoms. The van der Waals surface area contributed by atoms with Gasteiger partial charge in [-0.1, -0.05) is 41.7 Å². The van der Waals surface area contributed by atoms with Crippen LogP contribution in [0.1, 0.15) is 12.0 Å². The Morgan fingerprint density at radius 3 is 3.05 bits per heavy atom. The molecule has 1 fully saturated rings. The number of benzene rings is 1. The highest BCUT2D eigenvalue weighted by Crippen LogP contribution is 2.19. The molecule has 1 N–H and O–H groups in total. The van der Waals surface area contributed by atoms with Crippen LogP contribution in [0, 0.1) is 0 Å². The van der Waals surface area contributed by atoms with Crippen molar-refractivity contribution < 1.29 is 9.47 Å². The van der Waals surface area contributed by atoms with Crippen molar-refractivity contribution >= 4 is 16.5 Å². The van der Waals surface area contributed by atoms with E-state index in [1.807, 2.05) is 18.2 Å². The fourth-order valence-electron chi connectivity index (χ4n) is 2.21. The first-order valence-electron chi connectivity index (χ1n) is 6.68. The normalized spacial score (nSPS) is 22.6. The number of nitrogens with one attached hydrogen (secondary N) is 1. The highest BCUT2D eigenvalue weighted by molar-refractivity contribution is 7.13. The van der Waals surface area contributed by atoms with Gasteiger partial charge in [0.05, 0.1) is 19.3 Å². The summed E-state index contributed by atoms with van der Waals surface area (Å²) in [6, 6.07) is 10.4. The summed E-state index contributed by atoms with van der Waals surface area (Å²) in [5, 5.41) is 12.1. The topological polar surface area (TPSA) is 56.3 Å². The fourth-order valence-corrected chi connectivity index (χ4v) is 2.72. The van der Waals surface area contributed by atoms with Crippen molar-refractivity contribution in [1.29, 1.82) is 0 Å². The Bertz CT molecular complexity index is 506. The molecule has 1 aliphatic rings. The first kappa shape index (κ1) is 13.5. The van der Waals surface area contributed by atoms with E-state index in [0.717, 1.165) is 18.2 Å². The van der Waals surface area contributed by atoms with Gasteiger partial charge in [-0.25, -0.2) is 0 Å². The van der Waals surface area contributed by atoms with Gasteiger partial charge in [-0.05, 0) is 12.0 Å². The van der Waals surface area contributed by atoms with E-state index < -0.39 is 0 Å². The molecule has 0 amide bonds. The molecule has 0 radical (unpaired) electrons. The van der Waals surface area contributed by atoms with E-state index in [0.29, 0.717) is 13.2 Å². The van der Waals surface area contributed by atoms with E-state index in [9.17, 15) is 0 Å². The van der Waals surface area contributed by atoms with Crippen LogP contribution >= 0.6 is 11.3 Å². The molecule has 1 saturated heterocycles. The van der Waals surface area contributed by atoms with Gasteiger partial charge in [0.1, 0.15) is 11.6 Å². The van der Waals surface area contributed by atoms with Crippen LogP contribution in [0.5, 0.6) is 0 Å². The summed E-state index contributed by atoms with van der Waals surface area (Å²) in [5.41, 5.74) is 2.90. The maximum Gasteiger partial charge on any atom is 0.205 e. The maximum absolute atomic E-state index is 6.00. The summed E-state index contributed by atoms with van der Waals surface area (Å²) in [4.78, 5) is 0. The molecular weight excluding hydrogens is 274 g/mol. The lowest BCUT2D eigenvalue weighted by Gasteiger charge is -2.31. The Morgan fingerprint density at radius 2 is 2.25 bits per heavy atom. The van der Waals surface area contributed by atoms with Crippen molar-refractivity contribution in [2.24, 2.45) is 0 Å². The molecule has 0 spiro atoms. The van der Waals surface area contributed by atoms with Crippen molar-refractivity contribution in [3.63, 3.8) is 0 Å². The molecule has 2 heterocycles. The maximum atomic E-state index is 6.00. The molecule has 2 atom stereocenters. The number of rotatable bonds is 5. The monoisotopic (exact) mass is 291 g/mol. The van der Waals surface area contributed by atoms with Crippen LogP contribution in [0.25, 0.3) is 0 Å². The number of aromatic nitrogens is 2. The van der Waals surface area contributed by atoms with E-state index in [-0.39, 0.29) is 12.1 Å². The summed E-state index contributed by atoms with van der Waals surface area (Å²) >= 11 is 1.50. The number of ether oxygens (including phenoxy) is 2. The van der Waals surface area contributed by atoms with E-state index in [4.69, 9.17) is 9.47 Å². The lowest BCUT2D eigenvalue weighted by molar-refractivity contribution is -0.0637. The summed E-state index contributed by atoms with van der Waals surface area (Å²) in [5.74, 6) is 0. The predicted octanol–water partition coefficient (Wildman–Crippen LogP) is 2.32. The van der Waals surface area contributed by atoms with Crippen molar-refractivity contribution in [1.82, 2.24) is 10.2 Å². The third-order valence-corrected chi connectivity index (χ3v) is 3.90. The third-order valence-electron chi connectivity index (χ3n) is 3.28. The Kier molecular flexibility index (Phi) is 4.57. The average Bonchev–Trinajstić information content (AvgIpc) is 3.00. The third kappa shape index (κ3) is 3.53. The van der Waals surface area contributed by atoms with Gasteiger partial charge < -0.3 is 14.8 Å². The summed E-state index contributed by atoms with van der Waals surface area (Å²) in [6.45, 7) is 1.97. The predicted molar refractivity (Wildman–Crippen MR) is 77.8 cm³/mol. The summed E-state index contributed by atoms with van der Waals surface area (Å²) < 4.78 is 11.5. The Morgan fingerprint density at radius 1 is 1.35 bits per heavy atom. The largest absolute Gasteiger partial charge is 0.379 e. The fraction of sp³-hybridized carbons (Fsp3) is 0.429. The van der Waals surface area contributed by atoms with Crippen LogP contribution in [0.15, 0.2) is 35.8 Å².